The predicted octanol–water partition coefficient (Wildman–Crippen LogP) is 2.17. The molecule has 0 saturated heterocycles. The van der Waals surface area contributed by atoms with Crippen LogP contribution in [-0.2, 0) is 19.1 Å². The van der Waals surface area contributed by atoms with Gasteiger partial charge < -0.3 is 9.47 Å². The van der Waals surface area contributed by atoms with Gasteiger partial charge in [0.25, 0.3) is 0 Å². The van der Waals surface area contributed by atoms with Crippen LogP contribution in [0.2, 0.25) is 0 Å². The van der Waals surface area contributed by atoms with E-state index in [1.807, 2.05) is 13.8 Å². The zero-order valence-corrected chi connectivity index (χ0v) is 10.8. The molecular weight excluding hydrogens is 208 g/mol. The Bertz CT molecular complexity index is 229. The monoisotopic (exact) mass is 230 g/mol. The molecule has 0 aliphatic rings. The van der Waals surface area contributed by atoms with Crippen LogP contribution in [0.1, 0.15) is 41.0 Å². The zero-order chi connectivity index (χ0) is 12.8. The summed E-state index contributed by atoms with van der Waals surface area (Å²) in [6.07, 6.45) is 0.716. The summed E-state index contributed by atoms with van der Waals surface area (Å²) >= 11 is 0. The lowest BCUT2D eigenvalue weighted by Crippen LogP contribution is -2.44. The topological polar surface area (TPSA) is 52.6 Å². The van der Waals surface area contributed by atoms with Gasteiger partial charge in [-0.3, -0.25) is 9.59 Å². The smallest absolute Gasteiger partial charge is 0.323 e. The summed E-state index contributed by atoms with van der Waals surface area (Å²) in [7, 11) is 0. The van der Waals surface area contributed by atoms with Gasteiger partial charge in [0.05, 0.1) is 13.2 Å². The maximum absolute atomic E-state index is 11.9. The van der Waals surface area contributed by atoms with Crippen molar-refractivity contribution in [2.24, 2.45) is 11.3 Å². The molecule has 0 N–H and O–H groups in total. The number of hydrogen-bond donors (Lipinski definition) is 0. The number of esters is 2. The van der Waals surface area contributed by atoms with E-state index >= 15 is 0 Å². The molecule has 1 unspecified atom stereocenters. The van der Waals surface area contributed by atoms with Gasteiger partial charge in [-0.25, -0.2) is 0 Å². The zero-order valence-electron chi connectivity index (χ0n) is 10.8. The van der Waals surface area contributed by atoms with E-state index in [-0.39, 0.29) is 19.1 Å². The van der Waals surface area contributed by atoms with Gasteiger partial charge in [0.1, 0.15) is 0 Å². The lowest BCUT2D eigenvalue weighted by Gasteiger charge is -2.30. The van der Waals surface area contributed by atoms with Crippen molar-refractivity contribution in [1.29, 1.82) is 0 Å². The molecule has 0 bridgehead atoms. The van der Waals surface area contributed by atoms with Crippen LogP contribution in [0.5, 0.6) is 0 Å². The third-order valence-electron chi connectivity index (χ3n) is 3.00. The number of carbonyl (C=O) groups excluding carboxylic acids is 2. The van der Waals surface area contributed by atoms with Gasteiger partial charge in [0.15, 0.2) is 5.41 Å². The lowest BCUT2D eigenvalue weighted by molar-refractivity contribution is -0.174. The minimum absolute atomic E-state index is 0.106. The summed E-state index contributed by atoms with van der Waals surface area (Å²) in [5.41, 5.74) is -1.19. The molecule has 0 fully saturated rings. The number of rotatable bonds is 6. The molecule has 0 aromatic carbocycles. The van der Waals surface area contributed by atoms with Crippen LogP contribution in [0.3, 0.4) is 0 Å². The van der Waals surface area contributed by atoms with E-state index in [2.05, 4.69) is 0 Å². The molecule has 0 saturated carbocycles. The van der Waals surface area contributed by atoms with Gasteiger partial charge in [-0.2, -0.15) is 0 Å². The van der Waals surface area contributed by atoms with Crippen LogP contribution in [0.4, 0.5) is 0 Å². The van der Waals surface area contributed by atoms with E-state index in [0.29, 0.717) is 6.42 Å². The molecule has 0 aromatic rings. The average molecular weight is 230 g/mol. The van der Waals surface area contributed by atoms with E-state index < -0.39 is 17.4 Å². The Hall–Kier alpha value is -1.06. The first kappa shape index (κ1) is 14.9. The number of ether oxygens (including phenoxy) is 2. The fourth-order valence-corrected chi connectivity index (χ4v) is 1.46. The Labute approximate surface area is 97.3 Å². The second-order valence-corrected chi connectivity index (χ2v) is 3.95. The van der Waals surface area contributed by atoms with Crippen molar-refractivity contribution in [3.05, 3.63) is 0 Å². The molecule has 0 rings (SSSR count). The SMILES string of the molecule is CCOC(=O)C(C)(C(=O)OCC)C(C)CC. The van der Waals surface area contributed by atoms with E-state index in [9.17, 15) is 9.59 Å². The Balaban J connectivity index is 5.02. The lowest BCUT2D eigenvalue weighted by atomic mass is 9.76. The van der Waals surface area contributed by atoms with Crippen LogP contribution in [0, 0.1) is 11.3 Å². The van der Waals surface area contributed by atoms with Gasteiger partial charge >= 0.3 is 11.9 Å². The highest BCUT2D eigenvalue weighted by Crippen LogP contribution is 2.32. The second-order valence-electron chi connectivity index (χ2n) is 3.95. The highest BCUT2D eigenvalue weighted by Gasteiger charge is 2.48. The number of carbonyl (C=O) groups is 2. The summed E-state index contributed by atoms with van der Waals surface area (Å²) in [5.74, 6) is -1.10. The summed E-state index contributed by atoms with van der Waals surface area (Å²) in [4.78, 5) is 23.7. The van der Waals surface area contributed by atoms with Crippen LogP contribution in [0.15, 0.2) is 0 Å². The van der Waals surface area contributed by atoms with Crippen molar-refractivity contribution in [3.8, 4) is 0 Å². The van der Waals surface area contributed by atoms with E-state index in [1.54, 1.807) is 20.8 Å². The second kappa shape index (κ2) is 6.51. The molecule has 0 radical (unpaired) electrons. The molecule has 0 spiro atoms. The fraction of sp³-hybridized carbons (Fsp3) is 0.833. The molecule has 4 heteroatoms. The molecule has 0 aromatic heterocycles. The van der Waals surface area contributed by atoms with Crippen LogP contribution < -0.4 is 0 Å². The molecule has 4 nitrogen and oxygen atoms in total. The largest absolute Gasteiger partial charge is 0.465 e. The van der Waals surface area contributed by atoms with E-state index in [4.69, 9.17) is 9.47 Å². The molecule has 1 atom stereocenters. The van der Waals surface area contributed by atoms with Crippen molar-refractivity contribution in [2.45, 2.75) is 41.0 Å². The maximum atomic E-state index is 11.9. The summed E-state index contributed by atoms with van der Waals surface area (Å²) in [6.45, 7) is 9.36. The van der Waals surface area contributed by atoms with Gasteiger partial charge in [0.2, 0.25) is 0 Å². The van der Waals surface area contributed by atoms with Crippen molar-refractivity contribution >= 4 is 11.9 Å². The van der Waals surface area contributed by atoms with Crippen molar-refractivity contribution in [1.82, 2.24) is 0 Å². The molecule has 0 aliphatic heterocycles. The third-order valence-corrected chi connectivity index (χ3v) is 3.00. The molecule has 0 heterocycles. The Kier molecular flexibility index (Phi) is 6.08. The fourth-order valence-electron chi connectivity index (χ4n) is 1.46. The van der Waals surface area contributed by atoms with Crippen LogP contribution >= 0.6 is 0 Å². The van der Waals surface area contributed by atoms with Crippen molar-refractivity contribution < 1.29 is 19.1 Å². The highest BCUT2D eigenvalue weighted by atomic mass is 16.6. The standard InChI is InChI=1S/C12H22O4/c1-6-9(4)12(5,10(13)15-7-2)11(14)16-8-3/h9H,6-8H2,1-5H3. The first-order valence-corrected chi connectivity index (χ1v) is 5.79. The van der Waals surface area contributed by atoms with E-state index in [0.717, 1.165) is 0 Å². The molecule has 16 heavy (non-hydrogen) atoms. The maximum Gasteiger partial charge on any atom is 0.323 e. The van der Waals surface area contributed by atoms with Crippen LogP contribution in [0.25, 0.3) is 0 Å². The Morgan fingerprint density at radius 2 is 1.44 bits per heavy atom. The van der Waals surface area contributed by atoms with Gasteiger partial charge in [0, 0.05) is 0 Å². The van der Waals surface area contributed by atoms with Crippen molar-refractivity contribution in [2.75, 3.05) is 13.2 Å². The average Bonchev–Trinajstić information content (AvgIpc) is 2.27. The van der Waals surface area contributed by atoms with Gasteiger partial charge in [-0.15, -0.1) is 0 Å². The Morgan fingerprint density at radius 3 is 1.69 bits per heavy atom. The normalized spacial score (nSPS) is 13.1. The highest BCUT2D eigenvalue weighted by molar-refractivity contribution is 5.99. The minimum Gasteiger partial charge on any atom is -0.465 e. The van der Waals surface area contributed by atoms with Gasteiger partial charge in [-0.1, -0.05) is 20.3 Å². The van der Waals surface area contributed by atoms with Crippen LogP contribution in [-0.4, -0.2) is 25.2 Å². The quantitative estimate of drug-likeness (QED) is 0.518. The third kappa shape index (κ3) is 2.97. The van der Waals surface area contributed by atoms with E-state index in [1.165, 1.54) is 0 Å². The van der Waals surface area contributed by atoms with Crippen molar-refractivity contribution in [3.63, 3.8) is 0 Å². The first-order valence-electron chi connectivity index (χ1n) is 5.79. The minimum atomic E-state index is -1.19. The molecule has 94 valence electrons. The first-order chi connectivity index (χ1) is 7.44. The molecule has 0 aliphatic carbocycles. The van der Waals surface area contributed by atoms with Gasteiger partial charge in [-0.05, 0) is 26.7 Å². The summed E-state index contributed by atoms with van der Waals surface area (Å²) in [5, 5.41) is 0. The Morgan fingerprint density at radius 1 is 1.06 bits per heavy atom. The summed E-state index contributed by atoms with van der Waals surface area (Å²) < 4.78 is 9.92. The molecular formula is C12H22O4. The number of hydrogen-bond acceptors (Lipinski definition) is 4. The summed E-state index contributed by atoms with van der Waals surface area (Å²) in [6, 6.07) is 0. The predicted molar refractivity (Wildman–Crippen MR) is 60.8 cm³/mol. The molecule has 0 amide bonds.